The lowest BCUT2D eigenvalue weighted by Gasteiger charge is -2.03. The lowest BCUT2D eigenvalue weighted by atomic mass is 10.1. The Morgan fingerprint density at radius 1 is 1.58 bits per heavy atom. The molecular weight excluding hydrogens is 152 g/mol. The number of aromatic nitrogens is 1. The van der Waals surface area contributed by atoms with Crippen molar-refractivity contribution in [3.63, 3.8) is 0 Å². The summed E-state index contributed by atoms with van der Waals surface area (Å²) in [6.07, 6.45) is 1.87. The molecule has 4 nitrogen and oxygen atoms in total. The molecule has 60 valence electrons. The molecule has 1 atom stereocenters. The Balaban J connectivity index is 2.89. The van der Waals surface area contributed by atoms with Crippen LogP contribution in [-0.2, 0) is 0 Å². The molecule has 1 rings (SSSR count). The largest absolute Gasteiger partial charge is 0.353 e. The fourth-order valence-electron chi connectivity index (χ4n) is 0.996. The number of hydrogen-bond acceptors (Lipinski definition) is 3. The van der Waals surface area contributed by atoms with Crippen molar-refractivity contribution in [1.82, 2.24) is 4.98 Å². The standard InChI is InChI=1S/C8H8N4/c9-3-1-7(11)6-2-4-12-8(6)5-10/h2,4,7,12H,1,11H2. The maximum atomic E-state index is 8.60. The van der Waals surface area contributed by atoms with Gasteiger partial charge in [-0.2, -0.15) is 10.5 Å². The van der Waals surface area contributed by atoms with Gasteiger partial charge >= 0.3 is 0 Å². The third kappa shape index (κ3) is 1.45. The van der Waals surface area contributed by atoms with Gasteiger partial charge in [-0.05, 0) is 6.07 Å². The van der Waals surface area contributed by atoms with Gasteiger partial charge in [-0.1, -0.05) is 0 Å². The van der Waals surface area contributed by atoms with Crippen LogP contribution < -0.4 is 5.73 Å². The minimum Gasteiger partial charge on any atom is -0.353 e. The SMILES string of the molecule is N#CCC(N)c1cc[nH]c1C#N. The Bertz CT molecular complexity index is 339. The van der Waals surface area contributed by atoms with Crippen LogP contribution in [0.1, 0.15) is 23.7 Å². The molecule has 0 saturated heterocycles. The number of H-pyrrole nitrogens is 1. The van der Waals surface area contributed by atoms with Gasteiger partial charge in [-0.15, -0.1) is 0 Å². The van der Waals surface area contributed by atoms with Gasteiger partial charge in [0.1, 0.15) is 11.8 Å². The fraction of sp³-hybridized carbons (Fsp3) is 0.250. The van der Waals surface area contributed by atoms with Crippen molar-refractivity contribution in [2.75, 3.05) is 0 Å². The summed E-state index contributed by atoms with van der Waals surface area (Å²) in [6.45, 7) is 0. The van der Waals surface area contributed by atoms with Crippen LogP contribution in [0.3, 0.4) is 0 Å². The number of nitriles is 2. The molecule has 1 aromatic rings. The molecule has 0 aromatic carbocycles. The summed E-state index contributed by atoms with van der Waals surface area (Å²) in [5.41, 5.74) is 6.78. The van der Waals surface area contributed by atoms with E-state index in [1.807, 2.05) is 12.1 Å². The van der Waals surface area contributed by atoms with E-state index in [4.69, 9.17) is 16.3 Å². The van der Waals surface area contributed by atoms with E-state index < -0.39 is 0 Å². The van der Waals surface area contributed by atoms with Crippen LogP contribution in [0.15, 0.2) is 12.3 Å². The molecule has 1 unspecified atom stereocenters. The minimum absolute atomic E-state index is 0.229. The monoisotopic (exact) mass is 160 g/mol. The normalized spacial score (nSPS) is 11.6. The van der Waals surface area contributed by atoms with Crippen LogP contribution in [0.25, 0.3) is 0 Å². The van der Waals surface area contributed by atoms with Crippen molar-refractivity contribution in [2.45, 2.75) is 12.5 Å². The molecule has 3 N–H and O–H groups in total. The van der Waals surface area contributed by atoms with Crippen LogP contribution in [0, 0.1) is 22.7 Å². The van der Waals surface area contributed by atoms with E-state index in [0.717, 1.165) is 0 Å². The third-order valence-electron chi connectivity index (χ3n) is 1.60. The van der Waals surface area contributed by atoms with Gasteiger partial charge in [0.15, 0.2) is 0 Å². The quantitative estimate of drug-likeness (QED) is 0.670. The summed E-state index contributed by atoms with van der Waals surface area (Å²) in [6, 6.07) is 5.29. The van der Waals surface area contributed by atoms with Gasteiger partial charge in [-0.25, -0.2) is 0 Å². The van der Waals surface area contributed by atoms with Crippen LogP contribution in [-0.4, -0.2) is 4.98 Å². The Morgan fingerprint density at radius 2 is 2.33 bits per heavy atom. The highest BCUT2D eigenvalue weighted by atomic mass is 14.7. The average molecular weight is 160 g/mol. The maximum Gasteiger partial charge on any atom is 0.122 e. The van der Waals surface area contributed by atoms with Crippen molar-refractivity contribution in [2.24, 2.45) is 5.73 Å². The van der Waals surface area contributed by atoms with E-state index in [1.54, 1.807) is 12.3 Å². The molecule has 0 spiro atoms. The zero-order valence-electron chi connectivity index (χ0n) is 6.41. The molecule has 0 radical (unpaired) electrons. The van der Waals surface area contributed by atoms with E-state index in [1.165, 1.54) is 0 Å². The highest BCUT2D eigenvalue weighted by Gasteiger charge is 2.10. The van der Waals surface area contributed by atoms with Gasteiger partial charge in [0.25, 0.3) is 0 Å². The second kappa shape index (κ2) is 3.56. The zero-order valence-corrected chi connectivity index (χ0v) is 6.41. The topological polar surface area (TPSA) is 89.4 Å². The predicted molar refractivity (Wildman–Crippen MR) is 42.7 cm³/mol. The number of nitrogens with zero attached hydrogens (tertiary/aromatic N) is 2. The van der Waals surface area contributed by atoms with E-state index in [2.05, 4.69) is 4.98 Å². The lowest BCUT2D eigenvalue weighted by Crippen LogP contribution is -2.09. The van der Waals surface area contributed by atoms with Crippen LogP contribution in [0.2, 0.25) is 0 Å². The first-order chi connectivity index (χ1) is 5.79. The summed E-state index contributed by atoms with van der Waals surface area (Å²) in [5.74, 6) is 0. The maximum absolute atomic E-state index is 8.60. The molecule has 0 aliphatic rings. The first-order valence-electron chi connectivity index (χ1n) is 3.49. The van der Waals surface area contributed by atoms with Crippen molar-refractivity contribution >= 4 is 0 Å². The second-order valence-electron chi connectivity index (χ2n) is 2.39. The Morgan fingerprint density at radius 3 is 2.92 bits per heavy atom. The summed E-state index contributed by atoms with van der Waals surface area (Å²) in [4.78, 5) is 2.74. The number of aromatic amines is 1. The molecule has 1 heterocycles. The van der Waals surface area contributed by atoms with Gasteiger partial charge in [-0.3, -0.25) is 0 Å². The molecule has 0 amide bonds. The van der Waals surface area contributed by atoms with Crippen LogP contribution in [0.5, 0.6) is 0 Å². The molecule has 4 heteroatoms. The highest BCUT2D eigenvalue weighted by molar-refractivity contribution is 5.34. The zero-order chi connectivity index (χ0) is 8.97. The first kappa shape index (κ1) is 8.32. The average Bonchev–Trinajstić information content (AvgIpc) is 2.51. The molecule has 0 aliphatic heterocycles. The van der Waals surface area contributed by atoms with E-state index in [0.29, 0.717) is 11.3 Å². The van der Waals surface area contributed by atoms with Crippen molar-refractivity contribution in [3.8, 4) is 12.1 Å². The number of nitrogens with two attached hydrogens (primary N) is 1. The Kier molecular flexibility index (Phi) is 2.47. The van der Waals surface area contributed by atoms with Gasteiger partial charge in [0.05, 0.1) is 12.5 Å². The van der Waals surface area contributed by atoms with Gasteiger partial charge < -0.3 is 10.7 Å². The lowest BCUT2D eigenvalue weighted by molar-refractivity contribution is 0.747. The smallest absolute Gasteiger partial charge is 0.122 e. The van der Waals surface area contributed by atoms with Crippen molar-refractivity contribution in [1.29, 1.82) is 10.5 Å². The number of nitrogens with one attached hydrogen (secondary N) is 1. The molecular formula is C8H8N4. The number of hydrogen-bond donors (Lipinski definition) is 2. The summed E-state index contributed by atoms with van der Waals surface area (Å²) >= 11 is 0. The Labute approximate surface area is 70.2 Å². The first-order valence-corrected chi connectivity index (χ1v) is 3.49. The van der Waals surface area contributed by atoms with E-state index in [9.17, 15) is 0 Å². The molecule has 0 saturated carbocycles. The molecule has 1 aromatic heterocycles. The molecule has 0 bridgehead atoms. The third-order valence-corrected chi connectivity index (χ3v) is 1.60. The number of rotatable bonds is 2. The van der Waals surface area contributed by atoms with Crippen molar-refractivity contribution < 1.29 is 0 Å². The van der Waals surface area contributed by atoms with Gasteiger partial charge in [0.2, 0.25) is 0 Å². The predicted octanol–water partition coefficient (Wildman–Crippen LogP) is 0.800. The summed E-state index contributed by atoms with van der Waals surface area (Å²) < 4.78 is 0. The van der Waals surface area contributed by atoms with E-state index >= 15 is 0 Å². The van der Waals surface area contributed by atoms with Crippen molar-refractivity contribution in [3.05, 3.63) is 23.5 Å². The van der Waals surface area contributed by atoms with Crippen LogP contribution >= 0.6 is 0 Å². The molecule has 0 fully saturated rings. The molecule has 0 aliphatic carbocycles. The molecule has 12 heavy (non-hydrogen) atoms. The minimum atomic E-state index is -0.365. The Hall–Kier alpha value is -1.78. The fourth-order valence-corrected chi connectivity index (χ4v) is 0.996. The summed E-state index contributed by atoms with van der Waals surface area (Å²) in [7, 11) is 0. The second-order valence-corrected chi connectivity index (χ2v) is 2.39. The van der Waals surface area contributed by atoms with E-state index in [-0.39, 0.29) is 12.5 Å². The highest BCUT2D eigenvalue weighted by Crippen LogP contribution is 2.16. The summed E-state index contributed by atoms with van der Waals surface area (Å²) in [5, 5.41) is 17.0. The van der Waals surface area contributed by atoms with Gasteiger partial charge in [0, 0.05) is 17.8 Å². The van der Waals surface area contributed by atoms with Crippen LogP contribution in [0.4, 0.5) is 0 Å².